The van der Waals surface area contributed by atoms with Crippen molar-refractivity contribution in [3.63, 3.8) is 0 Å². The zero-order valence-electron chi connectivity index (χ0n) is 13.7. The zero-order chi connectivity index (χ0) is 18.6. The summed E-state index contributed by atoms with van der Waals surface area (Å²) in [5, 5.41) is 3.17. The van der Waals surface area contributed by atoms with Gasteiger partial charge in [-0.15, -0.1) is 0 Å². The van der Waals surface area contributed by atoms with Crippen LogP contribution >= 0.6 is 23.2 Å². The minimum Gasteiger partial charge on any atom is -0.323 e. The lowest BCUT2D eigenvalue weighted by molar-refractivity contribution is -0.117. The fraction of sp³-hybridized carbons (Fsp3) is 0.235. The Morgan fingerprint density at radius 1 is 1.12 bits per heavy atom. The molecule has 0 aliphatic rings. The number of para-hydroxylation sites is 1. The van der Waals surface area contributed by atoms with Gasteiger partial charge in [0.1, 0.15) is 6.04 Å². The number of hydrogen-bond acceptors (Lipinski definition) is 3. The van der Waals surface area contributed by atoms with E-state index >= 15 is 0 Å². The second-order valence-corrected chi connectivity index (χ2v) is 8.05. The molecule has 2 aromatic carbocycles. The van der Waals surface area contributed by atoms with Gasteiger partial charge in [-0.05, 0) is 30.7 Å². The molecule has 0 spiro atoms. The first-order chi connectivity index (χ1) is 11.8. The van der Waals surface area contributed by atoms with Crippen LogP contribution in [-0.2, 0) is 14.8 Å². The van der Waals surface area contributed by atoms with Crippen molar-refractivity contribution < 1.29 is 13.2 Å². The fourth-order valence-corrected chi connectivity index (χ4v) is 4.01. The minimum atomic E-state index is -3.67. The normalized spacial score (nSPS) is 12.5. The SMILES string of the molecule is CCC(C(=O)Nc1cccc(Cl)c1Cl)N(c1ccccc1)S(C)(=O)=O. The number of nitrogens with zero attached hydrogens (tertiary/aromatic N) is 1. The average molecular weight is 401 g/mol. The van der Waals surface area contributed by atoms with E-state index in [4.69, 9.17) is 23.2 Å². The summed E-state index contributed by atoms with van der Waals surface area (Å²) < 4.78 is 25.7. The summed E-state index contributed by atoms with van der Waals surface area (Å²) in [6, 6.07) is 12.4. The number of carbonyl (C=O) groups is 1. The molecule has 1 amide bonds. The van der Waals surface area contributed by atoms with Crippen molar-refractivity contribution in [2.45, 2.75) is 19.4 Å². The van der Waals surface area contributed by atoms with Crippen LogP contribution in [0.1, 0.15) is 13.3 Å². The van der Waals surface area contributed by atoms with Gasteiger partial charge in [0, 0.05) is 0 Å². The van der Waals surface area contributed by atoms with Gasteiger partial charge in [-0.2, -0.15) is 0 Å². The maximum absolute atomic E-state index is 12.7. The third-order valence-electron chi connectivity index (χ3n) is 3.55. The number of hydrogen-bond donors (Lipinski definition) is 1. The van der Waals surface area contributed by atoms with E-state index in [0.717, 1.165) is 10.6 Å². The van der Waals surface area contributed by atoms with Crippen molar-refractivity contribution in [3.05, 3.63) is 58.6 Å². The summed E-state index contributed by atoms with van der Waals surface area (Å²) >= 11 is 12.0. The second kappa shape index (κ2) is 8.08. The summed E-state index contributed by atoms with van der Waals surface area (Å²) in [4.78, 5) is 12.7. The molecule has 8 heteroatoms. The number of amides is 1. The summed E-state index contributed by atoms with van der Waals surface area (Å²) in [6.07, 6.45) is 1.36. The first-order valence-electron chi connectivity index (χ1n) is 7.55. The Labute approximate surface area is 157 Å². The number of benzene rings is 2. The predicted molar refractivity (Wildman–Crippen MR) is 103 cm³/mol. The molecule has 134 valence electrons. The van der Waals surface area contributed by atoms with Crippen LogP contribution in [0.2, 0.25) is 10.0 Å². The number of carbonyl (C=O) groups excluding carboxylic acids is 1. The Morgan fingerprint density at radius 3 is 2.32 bits per heavy atom. The average Bonchev–Trinajstić information content (AvgIpc) is 2.56. The van der Waals surface area contributed by atoms with Crippen molar-refractivity contribution in [2.75, 3.05) is 15.9 Å². The molecule has 0 heterocycles. The highest BCUT2D eigenvalue weighted by Gasteiger charge is 2.31. The van der Waals surface area contributed by atoms with Crippen LogP contribution in [0.5, 0.6) is 0 Å². The molecule has 0 saturated carbocycles. The number of nitrogens with one attached hydrogen (secondary N) is 1. The van der Waals surface area contributed by atoms with Gasteiger partial charge >= 0.3 is 0 Å². The van der Waals surface area contributed by atoms with Crippen molar-refractivity contribution >= 4 is 50.5 Å². The molecule has 2 aromatic rings. The van der Waals surface area contributed by atoms with Crippen molar-refractivity contribution in [1.82, 2.24) is 0 Å². The molecule has 0 saturated heterocycles. The molecule has 0 aliphatic carbocycles. The quantitative estimate of drug-likeness (QED) is 0.790. The van der Waals surface area contributed by atoms with Gasteiger partial charge in [-0.3, -0.25) is 9.10 Å². The van der Waals surface area contributed by atoms with Crippen molar-refractivity contribution in [1.29, 1.82) is 0 Å². The Morgan fingerprint density at radius 2 is 1.76 bits per heavy atom. The first-order valence-corrected chi connectivity index (χ1v) is 10.2. The Balaban J connectivity index is 2.38. The molecule has 0 bridgehead atoms. The van der Waals surface area contributed by atoms with E-state index in [1.54, 1.807) is 55.5 Å². The molecule has 0 fully saturated rings. The third kappa shape index (κ3) is 4.66. The third-order valence-corrected chi connectivity index (χ3v) is 5.55. The molecule has 0 aliphatic heterocycles. The largest absolute Gasteiger partial charge is 0.323 e. The highest BCUT2D eigenvalue weighted by Crippen LogP contribution is 2.30. The van der Waals surface area contributed by atoms with E-state index in [0.29, 0.717) is 16.4 Å². The lowest BCUT2D eigenvalue weighted by Crippen LogP contribution is -2.47. The molecular formula is C17H18Cl2N2O3S. The van der Waals surface area contributed by atoms with Gasteiger partial charge < -0.3 is 5.32 Å². The van der Waals surface area contributed by atoms with Crippen LogP contribution in [0.4, 0.5) is 11.4 Å². The minimum absolute atomic E-state index is 0.206. The number of anilines is 2. The van der Waals surface area contributed by atoms with Crippen LogP contribution in [0, 0.1) is 0 Å². The Bertz CT molecular complexity index is 857. The summed E-state index contributed by atoms with van der Waals surface area (Å²) in [7, 11) is -3.67. The van der Waals surface area contributed by atoms with E-state index in [1.165, 1.54) is 0 Å². The van der Waals surface area contributed by atoms with E-state index in [-0.39, 0.29) is 11.4 Å². The first kappa shape index (κ1) is 19.6. The number of halogens is 2. The molecule has 0 aromatic heterocycles. The second-order valence-electron chi connectivity index (χ2n) is 5.41. The number of rotatable bonds is 6. The maximum Gasteiger partial charge on any atom is 0.248 e. The van der Waals surface area contributed by atoms with Gasteiger partial charge in [0.15, 0.2) is 0 Å². The molecule has 5 nitrogen and oxygen atoms in total. The lowest BCUT2D eigenvalue weighted by Gasteiger charge is -2.30. The smallest absolute Gasteiger partial charge is 0.248 e. The van der Waals surface area contributed by atoms with Crippen LogP contribution in [0.3, 0.4) is 0 Å². The monoisotopic (exact) mass is 400 g/mol. The number of sulfonamides is 1. The molecule has 1 unspecified atom stereocenters. The Kier molecular flexibility index (Phi) is 6.32. The molecule has 25 heavy (non-hydrogen) atoms. The maximum atomic E-state index is 12.7. The van der Waals surface area contributed by atoms with Crippen LogP contribution in [0.25, 0.3) is 0 Å². The highest BCUT2D eigenvalue weighted by atomic mass is 35.5. The molecule has 1 N–H and O–H groups in total. The molecular weight excluding hydrogens is 383 g/mol. The fourth-order valence-electron chi connectivity index (χ4n) is 2.45. The van der Waals surface area contributed by atoms with Crippen molar-refractivity contribution in [3.8, 4) is 0 Å². The van der Waals surface area contributed by atoms with Gasteiger partial charge in [0.2, 0.25) is 15.9 Å². The predicted octanol–water partition coefficient (Wildman–Crippen LogP) is 4.18. The highest BCUT2D eigenvalue weighted by molar-refractivity contribution is 7.92. The molecule has 0 radical (unpaired) electrons. The van der Waals surface area contributed by atoms with Gasteiger partial charge in [0.25, 0.3) is 0 Å². The zero-order valence-corrected chi connectivity index (χ0v) is 16.1. The van der Waals surface area contributed by atoms with E-state index < -0.39 is 22.0 Å². The van der Waals surface area contributed by atoms with Crippen LogP contribution in [-0.4, -0.2) is 26.6 Å². The molecule has 1 atom stereocenters. The van der Waals surface area contributed by atoms with Crippen LogP contribution in [0.15, 0.2) is 48.5 Å². The van der Waals surface area contributed by atoms with E-state index in [9.17, 15) is 13.2 Å². The van der Waals surface area contributed by atoms with E-state index in [2.05, 4.69) is 5.32 Å². The summed E-state index contributed by atoms with van der Waals surface area (Å²) in [5.41, 5.74) is 0.753. The lowest BCUT2D eigenvalue weighted by atomic mass is 10.2. The van der Waals surface area contributed by atoms with Gasteiger partial charge in [0.05, 0.1) is 27.7 Å². The summed E-state index contributed by atoms with van der Waals surface area (Å²) in [5.74, 6) is -0.485. The standard InChI is InChI=1S/C17H18Cl2N2O3S/c1-3-15(17(22)20-14-11-7-10-13(18)16(14)19)21(25(2,23)24)12-8-5-4-6-9-12/h4-11,15H,3H2,1-2H3,(H,20,22). The topological polar surface area (TPSA) is 66.5 Å². The van der Waals surface area contributed by atoms with Gasteiger partial charge in [-0.25, -0.2) is 8.42 Å². The van der Waals surface area contributed by atoms with E-state index in [1.807, 2.05) is 0 Å². The van der Waals surface area contributed by atoms with Crippen LogP contribution < -0.4 is 9.62 Å². The summed E-state index contributed by atoms with van der Waals surface area (Å²) in [6.45, 7) is 1.74. The molecule has 2 rings (SSSR count). The van der Waals surface area contributed by atoms with Crippen molar-refractivity contribution in [2.24, 2.45) is 0 Å². The Hall–Kier alpha value is -1.76. The van der Waals surface area contributed by atoms with Gasteiger partial charge in [-0.1, -0.05) is 54.4 Å².